The van der Waals surface area contributed by atoms with E-state index in [-0.39, 0.29) is 12.5 Å². The zero-order chi connectivity index (χ0) is 21.9. The molecular weight excluding hydrogens is 418 g/mol. The fraction of sp³-hybridized carbons (Fsp3) is 0.240. The number of hydrogen-bond acceptors (Lipinski definition) is 6. The highest BCUT2D eigenvalue weighted by atomic mass is 32.1. The summed E-state index contributed by atoms with van der Waals surface area (Å²) < 4.78 is 0. The summed E-state index contributed by atoms with van der Waals surface area (Å²) in [5, 5.41) is 4.20. The summed E-state index contributed by atoms with van der Waals surface area (Å²) in [5.74, 6) is 0.805. The van der Waals surface area contributed by atoms with E-state index in [9.17, 15) is 4.79 Å². The molecule has 1 fully saturated rings. The molecule has 2 aromatic carbocycles. The second-order valence-electron chi connectivity index (χ2n) is 7.98. The number of aryl methyl sites for hydroxylation is 1. The van der Waals surface area contributed by atoms with Crippen molar-refractivity contribution < 1.29 is 4.79 Å². The Morgan fingerprint density at radius 3 is 2.59 bits per heavy atom. The maximum absolute atomic E-state index is 12.8. The topological polar surface area (TPSA) is 61.4 Å². The molecule has 6 nitrogen and oxygen atoms in total. The smallest absolute Gasteiger partial charge is 0.242 e. The highest BCUT2D eigenvalue weighted by Crippen LogP contribution is 2.34. The Balaban J connectivity index is 1.22. The van der Waals surface area contributed by atoms with Crippen LogP contribution in [0.2, 0.25) is 0 Å². The Hall–Kier alpha value is -3.45. The SMILES string of the molecule is Cc1cccc(N2CCN(C(=O)CNc3ncnc4sc(-c5ccccc5)cc34)CC2)c1. The van der Waals surface area contributed by atoms with E-state index in [1.165, 1.54) is 11.3 Å². The standard InChI is InChI=1S/C25H25N5OS/c1-18-6-5-9-20(14-18)29-10-12-30(13-11-29)23(31)16-26-24-21-15-22(19-7-3-2-4-8-19)32-25(21)28-17-27-24/h2-9,14-15,17H,10-13,16H2,1H3,(H,26,27,28). The number of amides is 1. The third-order valence-electron chi connectivity index (χ3n) is 5.79. The van der Waals surface area contributed by atoms with E-state index in [0.29, 0.717) is 5.82 Å². The van der Waals surface area contributed by atoms with Gasteiger partial charge in [-0.05, 0) is 36.2 Å². The van der Waals surface area contributed by atoms with E-state index in [0.717, 1.165) is 46.8 Å². The Labute approximate surface area is 191 Å². The molecule has 3 heterocycles. The number of hydrogen-bond donors (Lipinski definition) is 1. The molecule has 1 N–H and O–H groups in total. The Kier molecular flexibility index (Phi) is 5.73. The first-order valence-electron chi connectivity index (χ1n) is 10.8. The molecule has 1 saturated heterocycles. The summed E-state index contributed by atoms with van der Waals surface area (Å²) in [6.45, 7) is 5.48. The van der Waals surface area contributed by atoms with Gasteiger partial charge in [0.25, 0.3) is 0 Å². The van der Waals surface area contributed by atoms with Crippen molar-refractivity contribution >= 4 is 39.0 Å². The van der Waals surface area contributed by atoms with Gasteiger partial charge in [-0.2, -0.15) is 0 Å². The van der Waals surface area contributed by atoms with Crippen LogP contribution < -0.4 is 10.2 Å². The van der Waals surface area contributed by atoms with Gasteiger partial charge in [-0.25, -0.2) is 9.97 Å². The molecule has 0 unspecified atom stereocenters. The van der Waals surface area contributed by atoms with Gasteiger partial charge < -0.3 is 15.1 Å². The quantitative estimate of drug-likeness (QED) is 0.495. The first-order chi connectivity index (χ1) is 15.7. The molecule has 0 saturated carbocycles. The van der Waals surface area contributed by atoms with Crippen molar-refractivity contribution in [3.63, 3.8) is 0 Å². The van der Waals surface area contributed by atoms with E-state index >= 15 is 0 Å². The van der Waals surface area contributed by atoms with Crippen LogP contribution in [0.1, 0.15) is 5.56 Å². The molecule has 7 heteroatoms. The van der Waals surface area contributed by atoms with Crippen LogP contribution in [-0.2, 0) is 4.79 Å². The number of nitrogens with one attached hydrogen (secondary N) is 1. The highest BCUT2D eigenvalue weighted by Gasteiger charge is 2.21. The van der Waals surface area contributed by atoms with Crippen molar-refractivity contribution in [2.45, 2.75) is 6.92 Å². The van der Waals surface area contributed by atoms with Crippen molar-refractivity contribution in [3.05, 3.63) is 72.6 Å². The average molecular weight is 444 g/mol. The van der Waals surface area contributed by atoms with E-state index in [4.69, 9.17) is 0 Å². The fourth-order valence-corrected chi connectivity index (χ4v) is 5.06. The summed E-state index contributed by atoms with van der Waals surface area (Å²) in [6, 6.07) is 20.9. The highest BCUT2D eigenvalue weighted by molar-refractivity contribution is 7.21. The monoisotopic (exact) mass is 443 g/mol. The minimum Gasteiger partial charge on any atom is -0.368 e. The minimum atomic E-state index is 0.0965. The molecule has 0 spiro atoms. The second kappa shape index (κ2) is 8.96. The number of thiophene rings is 1. The number of piperazine rings is 1. The first kappa shape index (κ1) is 20.5. The zero-order valence-corrected chi connectivity index (χ0v) is 18.8. The van der Waals surface area contributed by atoms with Crippen LogP contribution in [0.15, 0.2) is 67.0 Å². The fourth-order valence-electron chi connectivity index (χ4n) is 4.05. The van der Waals surface area contributed by atoms with E-state index < -0.39 is 0 Å². The summed E-state index contributed by atoms with van der Waals surface area (Å²) in [5.41, 5.74) is 3.64. The van der Waals surface area contributed by atoms with E-state index in [1.807, 2.05) is 23.1 Å². The minimum absolute atomic E-state index is 0.0965. The van der Waals surface area contributed by atoms with Crippen molar-refractivity contribution in [3.8, 4) is 10.4 Å². The molecule has 1 aliphatic heterocycles. The molecule has 0 aliphatic carbocycles. The number of fused-ring (bicyclic) bond motifs is 1. The predicted octanol–water partition coefficient (Wildman–Crippen LogP) is 4.43. The maximum Gasteiger partial charge on any atom is 0.242 e. The number of nitrogens with zero attached hydrogens (tertiary/aromatic N) is 4. The van der Waals surface area contributed by atoms with Gasteiger partial charge in [-0.15, -0.1) is 11.3 Å². The first-order valence-corrected chi connectivity index (χ1v) is 11.6. The molecule has 2 aromatic heterocycles. The van der Waals surface area contributed by atoms with Crippen molar-refractivity contribution in [1.82, 2.24) is 14.9 Å². The van der Waals surface area contributed by atoms with Crippen molar-refractivity contribution in [1.29, 1.82) is 0 Å². The lowest BCUT2D eigenvalue weighted by Gasteiger charge is -2.36. The zero-order valence-electron chi connectivity index (χ0n) is 18.0. The van der Waals surface area contributed by atoms with Crippen LogP contribution in [0.3, 0.4) is 0 Å². The second-order valence-corrected chi connectivity index (χ2v) is 9.01. The molecule has 32 heavy (non-hydrogen) atoms. The number of rotatable bonds is 5. The van der Waals surface area contributed by atoms with Crippen LogP contribution in [0.25, 0.3) is 20.7 Å². The Morgan fingerprint density at radius 2 is 1.81 bits per heavy atom. The van der Waals surface area contributed by atoms with Crippen molar-refractivity contribution in [2.75, 3.05) is 42.9 Å². The van der Waals surface area contributed by atoms with Crippen molar-refractivity contribution in [2.24, 2.45) is 0 Å². The van der Waals surface area contributed by atoms with Gasteiger partial charge in [0.15, 0.2) is 0 Å². The largest absolute Gasteiger partial charge is 0.368 e. The van der Waals surface area contributed by atoms with Gasteiger partial charge in [0.05, 0.1) is 11.9 Å². The molecule has 1 amide bonds. The summed E-state index contributed by atoms with van der Waals surface area (Å²) in [7, 11) is 0. The predicted molar refractivity (Wildman–Crippen MR) is 131 cm³/mol. The molecule has 4 aromatic rings. The average Bonchev–Trinajstić information content (AvgIpc) is 3.28. The number of benzene rings is 2. The Morgan fingerprint density at radius 1 is 1.00 bits per heavy atom. The summed E-state index contributed by atoms with van der Waals surface area (Å²) in [6.07, 6.45) is 1.56. The number of carbonyl (C=O) groups excluding carboxylic acids is 1. The number of anilines is 2. The van der Waals surface area contributed by atoms with Gasteiger partial charge in [0.1, 0.15) is 17.0 Å². The Bertz CT molecular complexity index is 1230. The molecule has 162 valence electrons. The van der Waals surface area contributed by atoms with Crippen LogP contribution in [-0.4, -0.2) is 53.5 Å². The number of carbonyl (C=O) groups is 1. The molecule has 0 radical (unpaired) electrons. The van der Waals surface area contributed by atoms with Gasteiger partial charge in [-0.3, -0.25) is 4.79 Å². The van der Waals surface area contributed by atoms with Gasteiger partial charge >= 0.3 is 0 Å². The van der Waals surface area contributed by atoms with Crippen LogP contribution in [0.5, 0.6) is 0 Å². The van der Waals surface area contributed by atoms with Crippen LogP contribution in [0, 0.1) is 6.92 Å². The summed E-state index contributed by atoms with van der Waals surface area (Å²) in [4.78, 5) is 28.0. The lowest BCUT2D eigenvalue weighted by molar-refractivity contribution is -0.129. The normalized spacial score (nSPS) is 14.0. The van der Waals surface area contributed by atoms with Gasteiger partial charge in [0, 0.05) is 36.7 Å². The van der Waals surface area contributed by atoms with Gasteiger partial charge in [0.2, 0.25) is 5.91 Å². The van der Waals surface area contributed by atoms with E-state index in [1.54, 1.807) is 17.7 Å². The number of aromatic nitrogens is 2. The third-order valence-corrected chi connectivity index (χ3v) is 6.89. The molecule has 0 atom stereocenters. The van der Waals surface area contributed by atoms with Gasteiger partial charge in [-0.1, -0.05) is 42.5 Å². The lowest BCUT2D eigenvalue weighted by atomic mass is 10.2. The molecular formula is C25H25N5OS. The maximum atomic E-state index is 12.8. The molecule has 5 rings (SSSR count). The lowest BCUT2D eigenvalue weighted by Crippen LogP contribution is -2.50. The van der Waals surface area contributed by atoms with E-state index in [2.05, 4.69) is 69.6 Å². The summed E-state index contributed by atoms with van der Waals surface area (Å²) >= 11 is 1.63. The molecule has 1 aliphatic rings. The third kappa shape index (κ3) is 4.29. The van der Waals surface area contributed by atoms with Crippen LogP contribution >= 0.6 is 11.3 Å². The molecule has 0 bridgehead atoms. The van der Waals surface area contributed by atoms with Crippen LogP contribution in [0.4, 0.5) is 11.5 Å².